The minimum Gasteiger partial charge on any atom is -0.394 e. The number of aliphatic hydroxyl groups excluding tert-OH is 2. The normalized spacial score (nSPS) is 8.42. The van der Waals surface area contributed by atoms with Crippen molar-refractivity contribution in [2.75, 3.05) is 52.9 Å². The van der Waals surface area contributed by atoms with Crippen molar-refractivity contribution in [2.24, 2.45) is 0 Å². The van der Waals surface area contributed by atoms with Crippen molar-refractivity contribution in [1.82, 2.24) is 0 Å². The average Bonchev–Trinajstić information content (AvgIpc) is 2.54. The lowest BCUT2D eigenvalue weighted by Gasteiger charge is -2.09. The maximum absolute atomic E-state index is 8.57. The lowest BCUT2D eigenvalue weighted by Crippen LogP contribution is -2.11. The second kappa shape index (κ2) is 37.7. The maximum atomic E-state index is 8.57. The summed E-state index contributed by atoms with van der Waals surface area (Å²) in [4.78, 5) is 17.1. The molecule has 0 radical (unpaired) electrons. The molecule has 2 N–H and O–H groups in total. The van der Waals surface area contributed by atoms with Gasteiger partial charge in [0.15, 0.2) is 6.29 Å². The predicted molar refractivity (Wildman–Crippen MR) is 91.2 cm³/mol. The molecule has 8 nitrogen and oxygen atoms in total. The lowest BCUT2D eigenvalue weighted by atomic mass is 10.7. The van der Waals surface area contributed by atoms with E-state index in [0.29, 0.717) is 26.4 Å². The van der Waals surface area contributed by atoms with Crippen LogP contribution < -0.4 is 0 Å². The van der Waals surface area contributed by atoms with Gasteiger partial charge in [-0.3, -0.25) is 0 Å². The van der Waals surface area contributed by atoms with Crippen LogP contribution in [0.4, 0.5) is 0 Å². The molecule has 0 aromatic carbocycles. The molecule has 0 aliphatic carbocycles. The monoisotopic (exact) mass is 352 g/mol. The molecule has 0 rings (SSSR count). The molecule has 0 atom stereocenters. The molecule has 0 aromatic heterocycles. The van der Waals surface area contributed by atoms with Crippen molar-refractivity contribution in [3.63, 3.8) is 0 Å². The summed E-state index contributed by atoms with van der Waals surface area (Å²) in [5, 5.41) is 16.5. The smallest absolute Gasteiger partial charge is 0.154 e. The van der Waals surface area contributed by atoms with Crippen molar-refractivity contribution in [2.45, 2.75) is 27.1 Å². The van der Waals surface area contributed by atoms with Crippen molar-refractivity contribution < 1.29 is 38.7 Å². The summed E-state index contributed by atoms with van der Waals surface area (Å²) in [6.45, 7) is 14.3. The van der Waals surface area contributed by atoms with Crippen molar-refractivity contribution in [1.29, 1.82) is 0 Å². The summed E-state index contributed by atoms with van der Waals surface area (Å²) in [5.41, 5.74) is 0. The van der Waals surface area contributed by atoms with E-state index in [-0.39, 0.29) is 19.5 Å². The Kier molecular flexibility index (Phi) is 48.0. The summed E-state index contributed by atoms with van der Waals surface area (Å²) in [6.07, 6.45) is -0.0370. The van der Waals surface area contributed by atoms with E-state index in [1.807, 2.05) is 20.8 Å². The maximum Gasteiger partial charge on any atom is 0.154 e. The SMILES string of the molecule is C=C=O.C=C=O.CCOC(C)OCC.OCCOCCOCCO. The van der Waals surface area contributed by atoms with Crippen molar-refractivity contribution >= 4 is 11.9 Å². The van der Waals surface area contributed by atoms with Gasteiger partial charge in [-0.25, -0.2) is 9.59 Å². The number of carbonyl (C=O) groups excluding carboxylic acids is 2. The highest BCUT2D eigenvalue weighted by Crippen LogP contribution is 1.90. The van der Waals surface area contributed by atoms with Crippen LogP contribution in [-0.4, -0.2) is 81.2 Å². The molecule has 24 heavy (non-hydrogen) atoms. The van der Waals surface area contributed by atoms with Gasteiger partial charge in [0, 0.05) is 13.2 Å². The van der Waals surface area contributed by atoms with Gasteiger partial charge in [-0.2, -0.15) is 0 Å². The van der Waals surface area contributed by atoms with Gasteiger partial charge in [0.05, 0.1) is 39.6 Å². The Balaban J connectivity index is -0.000000127. The fourth-order valence-corrected chi connectivity index (χ4v) is 0.969. The first-order valence-electron chi connectivity index (χ1n) is 7.44. The minimum absolute atomic E-state index is 0.0370. The van der Waals surface area contributed by atoms with Gasteiger partial charge in [-0.05, 0) is 33.9 Å². The second-order valence-electron chi connectivity index (χ2n) is 3.44. The van der Waals surface area contributed by atoms with Gasteiger partial charge in [-0.15, -0.1) is 0 Å². The van der Waals surface area contributed by atoms with Crippen LogP contribution in [-0.2, 0) is 28.5 Å². The highest BCUT2D eigenvalue weighted by Gasteiger charge is 1.94. The Morgan fingerprint density at radius 1 is 0.833 bits per heavy atom. The Morgan fingerprint density at radius 3 is 1.33 bits per heavy atom. The Hall–Kier alpha value is -1.34. The van der Waals surface area contributed by atoms with Crippen LogP contribution in [0.25, 0.3) is 0 Å². The molecule has 0 heterocycles. The van der Waals surface area contributed by atoms with E-state index < -0.39 is 0 Å². The van der Waals surface area contributed by atoms with Gasteiger partial charge >= 0.3 is 0 Å². The lowest BCUT2D eigenvalue weighted by molar-refractivity contribution is -0.123. The molecular weight excluding hydrogens is 320 g/mol. The Bertz CT molecular complexity index is 233. The van der Waals surface area contributed by atoms with Gasteiger partial charge < -0.3 is 29.2 Å². The molecule has 0 spiro atoms. The van der Waals surface area contributed by atoms with E-state index in [1.54, 1.807) is 0 Å². The molecular formula is C16H32O8. The zero-order valence-corrected chi connectivity index (χ0v) is 15.0. The molecule has 0 amide bonds. The van der Waals surface area contributed by atoms with Crippen molar-refractivity contribution in [3.05, 3.63) is 13.2 Å². The largest absolute Gasteiger partial charge is 0.394 e. The molecule has 8 heteroatoms. The predicted octanol–water partition coefficient (Wildman–Crippen LogP) is 0.418. The highest BCUT2D eigenvalue weighted by atomic mass is 16.7. The Labute approximate surface area is 144 Å². The third kappa shape index (κ3) is 58.7. The fourth-order valence-electron chi connectivity index (χ4n) is 0.969. The van der Waals surface area contributed by atoms with Crippen LogP contribution in [0.15, 0.2) is 13.2 Å². The van der Waals surface area contributed by atoms with E-state index in [2.05, 4.69) is 13.2 Å². The summed E-state index contributed by atoms with van der Waals surface area (Å²) < 4.78 is 19.9. The Morgan fingerprint density at radius 2 is 1.12 bits per heavy atom. The first-order chi connectivity index (χ1) is 11.6. The van der Waals surface area contributed by atoms with Crippen LogP contribution in [0.3, 0.4) is 0 Å². The summed E-state index contributed by atoms with van der Waals surface area (Å²) in [7, 11) is 0. The van der Waals surface area contributed by atoms with Gasteiger partial charge in [0.2, 0.25) is 0 Å². The molecule has 0 aliphatic rings. The minimum atomic E-state index is -0.0370. The van der Waals surface area contributed by atoms with E-state index >= 15 is 0 Å². The van der Waals surface area contributed by atoms with E-state index in [4.69, 9.17) is 38.7 Å². The molecule has 0 aliphatic heterocycles. The first-order valence-corrected chi connectivity index (χ1v) is 7.44. The number of aliphatic hydroxyl groups is 2. The average molecular weight is 352 g/mol. The van der Waals surface area contributed by atoms with E-state index in [1.165, 1.54) is 11.9 Å². The fraction of sp³-hybridized carbons (Fsp3) is 0.750. The van der Waals surface area contributed by atoms with E-state index in [9.17, 15) is 0 Å². The van der Waals surface area contributed by atoms with Crippen LogP contribution in [0.5, 0.6) is 0 Å². The van der Waals surface area contributed by atoms with Gasteiger partial charge in [0.1, 0.15) is 11.9 Å². The highest BCUT2D eigenvalue weighted by molar-refractivity contribution is 5.38. The number of ether oxygens (including phenoxy) is 4. The summed E-state index contributed by atoms with van der Waals surface area (Å²) >= 11 is 0. The third-order valence-electron chi connectivity index (χ3n) is 1.65. The standard InChI is InChI=1S/C6H14O4.C6H14O2.2C2H2O/c7-1-3-9-5-6-10-4-2-8;1-4-7-6(3)8-5-2;2*1-2-3/h7-8H,1-6H2;6H,4-5H2,1-3H3;2*1H2. The molecule has 0 unspecified atom stereocenters. The quantitative estimate of drug-likeness (QED) is 0.313. The molecule has 0 bridgehead atoms. The number of hydrogen-bond acceptors (Lipinski definition) is 8. The third-order valence-corrected chi connectivity index (χ3v) is 1.65. The van der Waals surface area contributed by atoms with Crippen molar-refractivity contribution in [3.8, 4) is 0 Å². The first kappa shape index (κ1) is 30.5. The second-order valence-corrected chi connectivity index (χ2v) is 3.44. The topological polar surface area (TPSA) is 112 Å². The number of hydrogen-bond donors (Lipinski definition) is 2. The van der Waals surface area contributed by atoms with Gasteiger partial charge in [-0.1, -0.05) is 0 Å². The molecule has 0 fully saturated rings. The molecule has 0 aromatic rings. The number of rotatable bonds is 11. The summed E-state index contributed by atoms with van der Waals surface area (Å²) in [5.74, 6) is 2.50. The van der Waals surface area contributed by atoms with Crippen LogP contribution >= 0.6 is 0 Å². The van der Waals surface area contributed by atoms with Crippen LogP contribution in [0.1, 0.15) is 20.8 Å². The van der Waals surface area contributed by atoms with Crippen LogP contribution in [0, 0.1) is 0 Å². The molecule has 144 valence electrons. The zero-order valence-electron chi connectivity index (χ0n) is 15.0. The molecule has 0 saturated heterocycles. The zero-order chi connectivity index (χ0) is 19.5. The van der Waals surface area contributed by atoms with E-state index in [0.717, 1.165) is 13.2 Å². The molecule has 0 saturated carbocycles. The van der Waals surface area contributed by atoms with Gasteiger partial charge in [0.25, 0.3) is 0 Å². The van der Waals surface area contributed by atoms with Crippen LogP contribution in [0.2, 0.25) is 0 Å². The summed E-state index contributed by atoms with van der Waals surface area (Å²) in [6, 6.07) is 0.